The fraction of sp³-hybridized carbons (Fsp3) is 0.333. The molecule has 2 fully saturated rings. The Morgan fingerprint density at radius 1 is 0.786 bits per heavy atom. The van der Waals surface area contributed by atoms with Gasteiger partial charge < -0.3 is 40.5 Å². The van der Waals surface area contributed by atoms with E-state index in [1.807, 2.05) is 0 Å². The molecule has 2 aliphatic rings. The van der Waals surface area contributed by atoms with E-state index >= 15 is 0 Å². The standard InChI is InChI=1S/C17H16FN5O4.C17H16FN5O3.CH4O.CH4/c18-11-13(25)10(6-24)27-17(11)23-8-21-12-14(19-7-20-15(12)23)22-16(26)9-4-2-1-3-5-9;1-9-13(24)11(18)17(26-9)23-8-21-12-14(19-7-20-15(12)23)22-16(25)10-5-3-2-4-6-10;1-2;/h1-5,7-8,10-11,13,17,24-25H,6H2,(H,19,20,22,26);2-9,11,13,17,24H,1H3,(H,19,20,22,25);2H,1H3;1H4/t10-,11-,13-,17-;9-,11-,13-,17-;;/m11../s1/i;1D;2T;. The summed E-state index contributed by atoms with van der Waals surface area (Å²) in [4.78, 5) is 49.3. The zero-order valence-electron chi connectivity index (χ0n) is 30.8. The quantitative estimate of drug-likeness (QED) is 0.136. The first-order chi connectivity index (χ1) is 27.6. The van der Waals surface area contributed by atoms with Crippen LogP contribution in [-0.2, 0) is 9.47 Å². The summed E-state index contributed by atoms with van der Waals surface area (Å²) in [5, 5.41) is 37.7. The second-order valence-electron chi connectivity index (χ2n) is 11.9. The molecule has 20 heteroatoms. The van der Waals surface area contributed by atoms with E-state index in [1.165, 1.54) is 41.6 Å². The molecule has 4 aromatic heterocycles. The minimum atomic E-state index is -1.77. The molecule has 2 aromatic carbocycles. The monoisotopic (exact) mass is 781 g/mol. The summed E-state index contributed by atoms with van der Waals surface area (Å²) in [6.07, 6.45) is -5.64. The van der Waals surface area contributed by atoms with Crippen LogP contribution in [0.4, 0.5) is 20.4 Å². The van der Waals surface area contributed by atoms with Crippen molar-refractivity contribution in [2.24, 2.45) is 0 Å². The van der Waals surface area contributed by atoms with Gasteiger partial charge in [-0.05, 0) is 31.2 Å². The van der Waals surface area contributed by atoms with Crippen LogP contribution >= 0.6 is 0 Å². The Bertz CT molecular complexity index is 2120. The summed E-state index contributed by atoms with van der Waals surface area (Å²) in [6, 6.07) is 17.2. The molecule has 296 valence electrons. The molecule has 8 atom stereocenters. The predicted octanol–water partition coefficient (Wildman–Crippen LogP) is 2.61. The van der Waals surface area contributed by atoms with Crippen LogP contribution in [0.2, 0.25) is 0 Å². The molecule has 2 aliphatic heterocycles. The number of anilines is 2. The number of carbonyl (C=O) groups excluding carboxylic acids is 2. The summed E-state index contributed by atoms with van der Waals surface area (Å²) < 4.78 is 55.3. The number of alkyl halides is 2. The van der Waals surface area contributed by atoms with Gasteiger partial charge in [-0.1, -0.05) is 43.8 Å². The van der Waals surface area contributed by atoms with E-state index in [0.717, 1.165) is 0 Å². The highest BCUT2D eigenvalue weighted by Gasteiger charge is 2.46. The average Bonchev–Trinajstić information content (AvgIpc) is 4.00. The van der Waals surface area contributed by atoms with Crippen molar-refractivity contribution in [3.05, 3.63) is 97.1 Å². The van der Waals surface area contributed by atoms with Gasteiger partial charge in [0.05, 0.1) is 25.4 Å². The molecule has 0 saturated carbocycles. The van der Waals surface area contributed by atoms with Crippen molar-refractivity contribution in [1.82, 2.24) is 39.0 Å². The van der Waals surface area contributed by atoms with Crippen LogP contribution in [0.25, 0.3) is 22.3 Å². The SMILES string of the molecule is C.O=C(Nc1ncnc2c1ncn2[C@@H]1O[C@H](CO)[C@@H](O)[C@H]1F)c1ccccc1.[2H]C[C@H]1O[C@@H](n2cnc3c(NC(=O)c4ccccc4)ncnc32)[C@H](F)[C@@H]1O.[3H]OC. The van der Waals surface area contributed by atoms with Crippen molar-refractivity contribution in [3.8, 4) is 0 Å². The van der Waals surface area contributed by atoms with Crippen LogP contribution in [-0.4, -0.2) is 123 Å². The molecule has 8 rings (SSSR count). The molecule has 18 nitrogen and oxygen atoms in total. The van der Waals surface area contributed by atoms with E-state index in [0.29, 0.717) is 11.1 Å². The first kappa shape index (κ1) is 38.4. The number of nitrogens with one attached hydrogen (secondary N) is 2. The van der Waals surface area contributed by atoms with Gasteiger partial charge in [-0.3, -0.25) is 18.7 Å². The predicted molar refractivity (Wildman–Crippen MR) is 197 cm³/mol. The highest BCUT2D eigenvalue weighted by Crippen LogP contribution is 2.35. The fourth-order valence-electron chi connectivity index (χ4n) is 5.80. The lowest BCUT2D eigenvalue weighted by atomic mass is 10.1. The number of rotatable bonds is 7. The van der Waals surface area contributed by atoms with Crippen LogP contribution in [0.1, 0.15) is 48.9 Å². The van der Waals surface area contributed by atoms with Gasteiger partial charge in [0.1, 0.15) is 31.0 Å². The van der Waals surface area contributed by atoms with Crippen molar-refractivity contribution in [1.29, 1.82) is 1.43 Å². The normalized spacial score (nSPS) is 24.5. The number of aliphatic hydroxyl groups is 4. The van der Waals surface area contributed by atoms with Gasteiger partial charge in [0.15, 0.2) is 58.8 Å². The summed E-state index contributed by atoms with van der Waals surface area (Å²) in [5.74, 6) is -0.393. The van der Waals surface area contributed by atoms with Crippen LogP contribution in [0.3, 0.4) is 0 Å². The zero-order chi connectivity index (χ0) is 40.6. The molecule has 0 unspecified atom stereocenters. The van der Waals surface area contributed by atoms with E-state index < -0.39 is 55.8 Å². The smallest absolute Gasteiger partial charge is 0.256 e. The highest BCUT2D eigenvalue weighted by molar-refractivity contribution is 6.07. The second-order valence-corrected chi connectivity index (χ2v) is 11.9. The Hall–Kier alpha value is -5.90. The number of hydrogen-bond donors (Lipinski definition) is 6. The number of hydrogen-bond acceptors (Lipinski definition) is 14. The van der Waals surface area contributed by atoms with E-state index in [-0.39, 0.29) is 60.1 Å². The minimum absolute atomic E-state index is 0. The van der Waals surface area contributed by atoms with E-state index in [1.54, 1.807) is 60.7 Å². The lowest BCUT2D eigenvalue weighted by molar-refractivity contribution is -0.0459. The summed E-state index contributed by atoms with van der Waals surface area (Å²) in [5.41, 5.74) is 1.89. The van der Waals surface area contributed by atoms with E-state index in [4.69, 9.17) is 12.3 Å². The van der Waals surface area contributed by atoms with Crippen LogP contribution < -0.4 is 10.6 Å². The number of imidazole rings is 2. The van der Waals surface area contributed by atoms with Crippen molar-refractivity contribution in [3.63, 3.8) is 0 Å². The molecule has 0 bridgehead atoms. The van der Waals surface area contributed by atoms with Crippen LogP contribution in [0.5, 0.6) is 0 Å². The number of halogens is 2. The molecule has 56 heavy (non-hydrogen) atoms. The van der Waals surface area contributed by atoms with Gasteiger partial charge >= 0.3 is 0 Å². The Labute approximate surface area is 320 Å². The number of fused-ring (bicyclic) bond motifs is 2. The Kier molecular flexibility index (Phi) is 12.4. The maximum atomic E-state index is 14.4. The largest absolute Gasteiger partial charge is 0.400 e. The molecule has 2 amide bonds. The number of carbonyl (C=O) groups is 2. The van der Waals surface area contributed by atoms with Crippen molar-refractivity contribution in [2.45, 2.75) is 63.5 Å². The van der Waals surface area contributed by atoms with Gasteiger partial charge in [0, 0.05) is 19.6 Å². The molecule has 0 aliphatic carbocycles. The van der Waals surface area contributed by atoms with Gasteiger partial charge in [-0.2, -0.15) is 0 Å². The Morgan fingerprint density at radius 2 is 1.23 bits per heavy atom. The third kappa shape index (κ3) is 8.20. The van der Waals surface area contributed by atoms with Crippen molar-refractivity contribution >= 4 is 45.8 Å². The third-order valence-electron chi connectivity index (χ3n) is 8.57. The first-order valence-electron chi connectivity index (χ1n) is 17.7. The molecule has 6 N–H and O–H groups in total. The van der Waals surface area contributed by atoms with E-state index in [2.05, 4.69) is 45.6 Å². The lowest BCUT2D eigenvalue weighted by Crippen LogP contribution is -2.30. The first-order valence-corrected chi connectivity index (χ1v) is 16.5. The Morgan fingerprint density at radius 3 is 1.64 bits per heavy atom. The van der Waals surface area contributed by atoms with Gasteiger partial charge in [-0.15, -0.1) is 0 Å². The summed E-state index contributed by atoms with van der Waals surface area (Å²) >= 11 is 0. The fourth-order valence-corrected chi connectivity index (χ4v) is 5.80. The van der Waals surface area contributed by atoms with Gasteiger partial charge in [-0.25, -0.2) is 38.7 Å². The van der Waals surface area contributed by atoms with E-state index in [9.17, 15) is 33.7 Å². The second kappa shape index (κ2) is 18.2. The summed E-state index contributed by atoms with van der Waals surface area (Å²) in [7, 11) is 1.29. The minimum Gasteiger partial charge on any atom is -0.400 e. The topological polar surface area (TPSA) is 245 Å². The molecule has 6 heterocycles. The third-order valence-corrected chi connectivity index (χ3v) is 8.57. The molecule has 0 radical (unpaired) electrons. The molecule has 0 spiro atoms. The molecular weight excluding hydrogens is 738 g/mol. The molecule has 2 saturated heterocycles. The zero-order valence-corrected chi connectivity index (χ0v) is 28.8. The van der Waals surface area contributed by atoms with Crippen molar-refractivity contribution < 1.29 is 49.6 Å². The highest BCUT2D eigenvalue weighted by atomic mass is 19.1. The summed E-state index contributed by atoms with van der Waals surface area (Å²) in [6.45, 7) is -0.782. The number of aliphatic hydroxyl groups excluding tert-OH is 4. The lowest BCUT2D eigenvalue weighted by Gasteiger charge is -2.15. The number of benzene rings is 2. The maximum absolute atomic E-state index is 14.4. The molecule has 6 aromatic rings. The molecular formula is C36H40F2N10O8. The number of ether oxygens (including phenoxy) is 2. The number of nitrogens with zero attached hydrogens (tertiary/aromatic N) is 8. The number of aromatic nitrogens is 8. The van der Waals surface area contributed by atoms with Crippen molar-refractivity contribution in [2.75, 3.05) is 24.4 Å². The van der Waals surface area contributed by atoms with Crippen LogP contribution in [0, 0.1) is 0 Å². The Balaban J connectivity index is 0.000000204. The van der Waals surface area contributed by atoms with Gasteiger partial charge in [0.25, 0.3) is 11.8 Å². The number of amides is 2. The van der Waals surface area contributed by atoms with Gasteiger partial charge in [0.2, 0.25) is 1.43 Å². The maximum Gasteiger partial charge on any atom is 0.256 e. The van der Waals surface area contributed by atoms with Crippen LogP contribution in [0.15, 0.2) is 86.0 Å². The average molecular weight is 782 g/mol.